The fourth-order valence-electron chi connectivity index (χ4n) is 4.29. The molecule has 1 spiro atoms. The zero-order valence-electron chi connectivity index (χ0n) is 16.4. The number of carbonyl (C=O) groups is 1. The summed E-state index contributed by atoms with van der Waals surface area (Å²) >= 11 is 1.69. The highest BCUT2D eigenvalue weighted by Crippen LogP contribution is 2.59. The van der Waals surface area contributed by atoms with Crippen LogP contribution in [-0.2, 0) is 11.3 Å². The van der Waals surface area contributed by atoms with Crippen LogP contribution < -0.4 is 5.32 Å². The van der Waals surface area contributed by atoms with Gasteiger partial charge in [-0.3, -0.25) is 4.79 Å². The summed E-state index contributed by atoms with van der Waals surface area (Å²) in [5.74, 6) is 0.311. The molecule has 3 nitrogen and oxygen atoms in total. The third-order valence-corrected chi connectivity index (χ3v) is 7.23. The SMILES string of the molecule is CC(C)N(Cc1ccc(-c2ccc(F)cc2)s1)C(=O)C1CC12CCNCC2.Cl. The van der Waals surface area contributed by atoms with Gasteiger partial charge in [0.2, 0.25) is 5.91 Å². The summed E-state index contributed by atoms with van der Waals surface area (Å²) in [7, 11) is 0. The molecule has 4 rings (SSSR count). The van der Waals surface area contributed by atoms with E-state index in [4.69, 9.17) is 0 Å². The molecule has 28 heavy (non-hydrogen) atoms. The first-order chi connectivity index (χ1) is 13.0. The lowest BCUT2D eigenvalue weighted by Gasteiger charge is -2.29. The number of nitrogens with one attached hydrogen (secondary N) is 1. The summed E-state index contributed by atoms with van der Waals surface area (Å²) in [5, 5.41) is 3.41. The quantitative estimate of drug-likeness (QED) is 0.726. The topological polar surface area (TPSA) is 32.3 Å². The molecule has 1 N–H and O–H groups in total. The van der Waals surface area contributed by atoms with Crippen LogP contribution in [0.4, 0.5) is 4.39 Å². The second-order valence-electron chi connectivity index (χ2n) is 8.20. The van der Waals surface area contributed by atoms with E-state index >= 15 is 0 Å². The molecule has 1 amide bonds. The number of thiophene rings is 1. The number of piperidine rings is 1. The van der Waals surface area contributed by atoms with Crippen molar-refractivity contribution in [3.63, 3.8) is 0 Å². The van der Waals surface area contributed by atoms with E-state index in [0.717, 1.165) is 42.8 Å². The van der Waals surface area contributed by atoms with Gasteiger partial charge in [-0.25, -0.2) is 4.39 Å². The van der Waals surface area contributed by atoms with Gasteiger partial charge in [-0.2, -0.15) is 0 Å². The van der Waals surface area contributed by atoms with Crippen LogP contribution in [0.15, 0.2) is 36.4 Å². The molecule has 1 unspecified atom stereocenters. The summed E-state index contributed by atoms with van der Waals surface area (Å²) in [6.45, 7) is 6.94. The van der Waals surface area contributed by atoms with Gasteiger partial charge in [-0.15, -0.1) is 23.7 Å². The lowest BCUT2D eigenvalue weighted by Crippen LogP contribution is -2.39. The molecule has 1 aliphatic carbocycles. The van der Waals surface area contributed by atoms with Gasteiger partial charge in [0, 0.05) is 21.7 Å². The van der Waals surface area contributed by atoms with Crippen molar-refractivity contribution < 1.29 is 9.18 Å². The van der Waals surface area contributed by atoms with Crippen LogP contribution in [0.1, 0.15) is 38.0 Å². The molecule has 2 aliphatic rings. The van der Waals surface area contributed by atoms with E-state index in [1.165, 1.54) is 17.0 Å². The normalized spacial score (nSPS) is 20.1. The van der Waals surface area contributed by atoms with Crippen LogP contribution in [0.3, 0.4) is 0 Å². The zero-order chi connectivity index (χ0) is 19.0. The van der Waals surface area contributed by atoms with Crippen molar-refractivity contribution in [3.05, 3.63) is 47.1 Å². The van der Waals surface area contributed by atoms with Crippen LogP contribution >= 0.6 is 23.7 Å². The molecule has 2 fully saturated rings. The van der Waals surface area contributed by atoms with Gasteiger partial charge >= 0.3 is 0 Å². The molecule has 0 bridgehead atoms. The van der Waals surface area contributed by atoms with Gasteiger partial charge in [0.25, 0.3) is 0 Å². The highest BCUT2D eigenvalue weighted by Gasteiger charge is 2.58. The highest BCUT2D eigenvalue weighted by atomic mass is 35.5. The maximum atomic E-state index is 13.2. The summed E-state index contributed by atoms with van der Waals surface area (Å²) in [4.78, 5) is 17.5. The van der Waals surface area contributed by atoms with Crippen molar-refractivity contribution in [2.75, 3.05) is 13.1 Å². The Balaban J connectivity index is 0.00000225. The second-order valence-corrected chi connectivity index (χ2v) is 9.37. The Labute approximate surface area is 176 Å². The number of rotatable bonds is 5. The molecule has 6 heteroatoms. The van der Waals surface area contributed by atoms with E-state index in [1.54, 1.807) is 23.5 Å². The van der Waals surface area contributed by atoms with Crippen LogP contribution in [0, 0.1) is 17.2 Å². The van der Waals surface area contributed by atoms with Gasteiger partial charge < -0.3 is 10.2 Å². The molecule has 2 heterocycles. The van der Waals surface area contributed by atoms with Crippen molar-refractivity contribution in [3.8, 4) is 10.4 Å². The van der Waals surface area contributed by atoms with E-state index in [9.17, 15) is 9.18 Å². The van der Waals surface area contributed by atoms with E-state index in [1.807, 2.05) is 4.90 Å². The molecular weight excluding hydrogens is 395 g/mol. The summed E-state index contributed by atoms with van der Waals surface area (Å²) < 4.78 is 13.1. The van der Waals surface area contributed by atoms with Crippen LogP contribution in [0.2, 0.25) is 0 Å². The maximum absolute atomic E-state index is 13.2. The van der Waals surface area contributed by atoms with Crippen LogP contribution in [0.25, 0.3) is 10.4 Å². The van der Waals surface area contributed by atoms with Crippen molar-refractivity contribution in [2.24, 2.45) is 11.3 Å². The number of nitrogens with zero attached hydrogens (tertiary/aromatic N) is 1. The standard InChI is InChI=1S/C22H27FN2OS.ClH/c1-15(2)25(21(26)19-13-22(19)9-11-24-12-10-22)14-18-7-8-20(27-18)16-3-5-17(23)6-4-16;/h3-8,15,19,24H,9-14H2,1-2H3;1H. The van der Waals surface area contributed by atoms with Gasteiger partial charge in [0.1, 0.15) is 5.82 Å². The second kappa shape index (κ2) is 8.52. The lowest BCUT2D eigenvalue weighted by atomic mass is 9.91. The number of hydrogen-bond donors (Lipinski definition) is 1. The Bertz CT molecular complexity index is 814. The minimum absolute atomic E-state index is 0. The number of hydrogen-bond acceptors (Lipinski definition) is 3. The maximum Gasteiger partial charge on any atom is 0.226 e. The Hall–Kier alpha value is -1.43. The van der Waals surface area contributed by atoms with Crippen LogP contribution in [0.5, 0.6) is 0 Å². The third-order valence-electron chi connectivity index (χ3n) is 6.11. The first-order valence-electron chi connectivity index (χ1n) is 9.84. The van der Waals surface area contributed by atoms with E-state index in [2.05, 4.69) is 31.3 Å². The minimum Gasteiger partial charge on any atom is -0.335 e. The molecule has 1 aliphatic heterocycles. The van der Waals surface area contributed by atoms with Gasteiger partial charge in [0.15, 0.2) is 0 Å². The third kappa shape index (κ3) is 4.27. The van der Waals surface area contributed by atoms with Gasteiger partial charge in [0.05, 0.1) is 6.54 Å². The number of benzene rings is 1. The number of carbonyl (C=O) groups excluding carboxylic acids is 1. The summed E-state index contributed by atoms with van der Waals surface area (Å²) in [6, 6.07) is 11.0. The smallest absolute Gasteiger partial charge is 0.226 e. The largest absolute Gasteiger partial charge is 0.335 e. The monoisotopic (exact) mass is 422 g/mol. The molecular formula is C22H28ClFN2OS. The van der Waals surface area contributed by atoms with Crippen LogP contribution in [-0.4, -0.2) is 29.9 Å². The first-order valence-corrected chi connectivity index (χ1v) is 10.7. The summed E-state index contributed by atoms with van der Waals surface area (Å²) in [5.41, 5.74) is 1.29. The fourth-order valence-corrected chi connectivity index (χ4v) is 5.30. The lowest BCUT2D eigenvalue weighted by molar-refractivity contribution is -0.136. The molecule has 1 aromatic carbocycles. The average molecular weight is 423 g/mol. The van der Waals surface area contributed by atoms with E-state index < -0.39 is 0 Å². The minimum atomic E-state index is -0.219. The molecule has 1 saturated carbocycles. The predicted molar refractivity (Wildman–Crippen MR) is 115 cm³/mol. The molecule has 2 aromatic rings. The van der Waals surface area contributed by atoms with E-state index in [0.29, 0.717) is 12.5 Å². The zero-order valence-corrected chi connectivity index (χ0v) is 18.0. The van der Waals surface area contributed by atoms with Gasteiger partial charge in [-0.05, 0) is 81.4 Å². The molecule has 0 radical (unpaired) electrons. The Kier molecular flexibility index (Phi) is 6.47. The van der Waals surface area contributed by atoms with Crippen molar-refractivity contribution >= 4 is 29.7 Å². The Morgan fingerprint density at radius 3 is 2.54 bits per heavy atom. The van der Waals surface area contributed by atoms with Crippen molar-refractivity contribution in [1.82, 2.24) is 10.2 Å². The molecule has 1 atom stereocenters. The average Bonchev–Trinajstić information content (AvgIpc) is 3.13. The van der Waals surface area contributed by atoms with E-state index in [-0.39, 0.29) is 35.6 Å². The molecule has 1 aromatic heterocycles. The Morgan fingerprint density at radius 2 is 1.89 bits per heavy atom. The predicted octanol–water partition coefficient (Wildman–Crippen LogP) is 5.10. The number of halogens is 2. The van der Waals surface area contributed by atoms with Crippen molar-refractivity contribution in [1.29, 1.82) is 0 Å². The fraction of sp³-hybridized carbons (Fsp3) is 0.500. The molecule has 1 saturated heterocycles. The Morgan fingerprint density at radius 1 is 1.21 bits per heavy atom. The highest BCUT2D eigenvalue weighted by molar-refractivity contribution is 7.15. The molecule has 152 valence electrons. The summed E-state index contributed by atoms with van der Waals surface area (Å²) in [6.07, 6.45) is 3.31. The van der Waals surface area contributed by atoms with Crippen molar-refractivity contribution in [2.45, 2.75) is 45.7 Å². The number of amides is 1. The first kappa shape index (κ1) is 21.3. The van der Waals surface area contributed by atoms with Gasteiger partial charge in [-0.1, -0.05) is 12.1 Å².